The molecule has 0 amide bonds. The summed E-state index contributed by atoms with van der Waals surface area (Å²) in [6.07, 6.45) is 2.91. The fourth-order valence-electron chi connectivity index (χ4n) is 4.26. The van der Waals surface area contributed by atoms with Crippen LogP contribution in [0.25, 0.3) is 0 Å². The maximum atomic E-state index is 12.0. The maximum Gasteiger partial charge on any atom is 0.309 e. The number of likely N-dealkylation sites (tertiary alicyclic amines) is 1. The molecule has 0 N–H and O–H groups in total. The van der Waals surface area contributed by atoms with Gasteiger partial charge in [0.15, 0.2) is 0 Å². The summed E-state index contributed by atoms with van der Waals surface area (Å²) in [4.78, 5) is 17.0. The number of benzene rings is 1. The van der Waals surface area contributed by atoms with Gasteiger partial charge in [-0.3, -0.25) is 4.79 Å². The third-order valence-electron chi connectivity index (χ3n) is 5.53. The third kappa shape index (κ3) is 3.51. The molecule has 5 heteroatoms. The third-order valence-corrected chi connectivity index (χ3v) is 6.20. The van der Waals surface area contributed by atoms with Crippen LogP contribution in [0.3, 0.4) is 0 Å². The van der Waals surface area contributed by atoms with Gasteiger partial charge in [-0.2, -0.15) is 11.3 Å². The molecule has 1 saturated heterocycles. The summed E-state index contributed by atoms with van der Waals surface area (Å²) in [6.45, 7) is 5.36. The van der Waals surface area contributed by atoms with Crippen LogP contribution in [0, 0.1) is 5.92 Å². The van der Waals surface area contributed by atoms with Crippen LogP contribution in [-0.2, 0) is 16.0 Å². The van der Waals surface area contributed by atoms with Gasteiger partial charge in [-0.15, -0.1) is 0 Å². The highest BCUT2D eigenvalue weighted by Crippen LogP contribution is 2.39. The van der Waals surface area contributed by atoms with Crippen molar-refractivity contribution in [2.75, 3.05) is 31.1 Å². The van der Waals surface area contributed by atoms with Gasteiger partial charge in [0.05, 0.1) is 24.3 Å². The fourth-order valence-corrected chi connectivity index (χ4v) is 4.89. The van der Waals surface area contributed by atoms with E-state index in [2.05, 4.69) is 50.9 Å². The molecule has 4 nitrogen and oxygen atoms in total. The number of anilines is 2. The van der Waals surface area contributed by atoms with Gasteiger partial charge in [0, 0.05) is 17.6 Å². The molecule has 138 valence electrons. The molecular weight excluding hydrogens is 344 g/mol. The lowest BCUT2D eigenvalue weighted by atomic mass is 9.96. The number of hydrogen-bond acceptors (Lipinski definition) is 5. The summed E-state index contributed by atoms with van der Waals surface area (Å²) in [6, 6.07) is 11.4. The second-order valence-electron chi connectivity index (χ2n) is 7.17. The van der Waals surface area contributed by atoms with Crippen LogP contribution in [0.4, 0.5) is 11.4 Å². The smallest absolute Gasteiger partial charge is 0.309 e. The monoisotopic (exact) mass is 370 g/mol. The minimum Gasteiger partial charge on any atom is -0.466 e. The standard InChI is InChI=1S/C21H26N2O2S/c1-2-25-21(24)16-7-10-22(11-8-16)14-19-13-17-5-3-4-6-20(17)23(19)18-9-12-26-15-18/h3-6,9,12,15-16,19H,2,7-8,10-11,13-14H2,1H3. The van der Waals surface area contributed by atoms with E-state index in [0.717, 1.165) is 38.9 Å². The number of piperidine rings is 1. The zero-order valence-corrected chi connectivity index (χ0v) is 16.1. The Morgan fingerprint density at radius 3 is 2.77 bits per heavy atom. The Hall–Kier alpha value is -1.85. The summed E-state index contributed by atoms with van der Waals surface area (Å²) >= 11 is 1.75. The highest BCUT2D eigenvalue weighted by atomic mass is 32.1. The summed E-state index contributed by atoms with van der Waals surface area (Å²) in [5, 5.41) is 4.39. The van der Waals surface area contributed by atoms with Gasteiger partial charge in [0.1, 0.15) is 0 Å². The number of carbonyl (C=O) groups is 1. The summed E-state index contributed by atoms with van der Waals surface area (Å²) in [5.41, 5.74) is 4.08. The van der Waals surface area contributed by atoms with Crippen LogP contribution in [-0.4, -0.2) is 43.2 Å². The lowest BCUT2D eigenvalue weighted by Crippen LogP contribution is -2.44. The largest absolute Gasteiger partial charge is 0.466 e. The lowest BCUT2D eigenvalue weighted by Gasteiger charge is -2.35. The van der Waals surface area contributed by atoms with Crippen molar-refractivity contribution >= 4 is 28.7 Å². The molecule has 1 aromatic heterocycles. The summed E-state index contributed by atoms with van der Waals surface area (Å²) in [5.74, 6) is 0.0697. The minimum atomic E-state index is -0.0136. The molecule has 1 fully saturated rings. The number of rotatable bonds is 5. The number of esters is 1. The number of thiophene rings is 1. The molecular formula is C21H26N2O2S. The van der Waals surface area contributed by atoms with E-state index in [-0.39, 0.29) is 11.9 Å². The van der Waals surface area contributed by atoms with E-state index in [1.54, 1.807) is 11.3 Å². The molecule has 0 bridgehead atoms. The first kappa shape index (κ1) is 17.6. The molecule has 0 radical (unpaired) electrons. The number of ether oxygens (including phenoxy) is 1. The van der Waals surface area contributed by atoms with Gasteiger partial charge in [0.2, 0.25) is 0 Å². The number of nitrogens with zero attached hydrogens (tertiary/aromatic N) is 2. The molecule has 0 spiro atoms. The highest BCUT2D eigenvalue weighted by Gasteiger charge is 2.33. The molecule has 2 aliphatic rings. The van der Waals surface area contributed by atoms with E-state index in [0.29, 0.717) is 12.6 Å². The average Bonchev–Trinajstić information content (AvgIpc) is 3.29. The van der Waals surface area contributed by atoms with Crippen LogP contribution in [0.15, 0.2) is 41.1 Å². The van der Waals surface area contributed by atoms with Crippen molar-refractivity contribution in [2.24, 2.45) is 5.92 Å². The zero-order valence-electron chi connectivity index (χ0n) is 15.3. The van der Waals surface area contributed by atoms with Crippen LogP contribution >= 0.6 is 11.3 Å². The van der Waals surface area contributed by atoms with Crippen molar-refractivity contribution in [2.45, 2.75) is 32.2 Å². The van der Waals surface area contributed by atoms with Crippen LogP contribution in [0.5, 0.6) is 0 Å². The number of para-hydroxylation sites is 1. The predicted molar refractivity (Wildman–Crippen MR) is 106 cm³/mol. The Balaban J connectivity index is 1.43. The van der Waals surface area contributed by atoms with Crippen molar-refractivity contribution < 1.29 is 9.53 Å². The molecule has 2 aromatic rings. The van der Waals surface area contributed by atoms with Crippen molar-refractivity contribution in [3.8, 4) is 0 Å². The van der Waals surface area contributed by atoms with Gasteiger partial charge in [-0.1, -0.05) is 18.2 Å². The SMILES string of the molecule is CCOC(=O)C1CCN(CC2Cc3ccccc3N2c2ccsc2)CC1. The van der Waals surface area contributed by atoms with E-state index >= 15 is 0 Å². The van der Waals surface area contributed by atoms with E-state index in [1.807, 2.05) is 6.92 Å². The second-order valence-corrected chi connectivity index (χ2v) is 7.95. The Bertz CT molecular complexity index is 738. The molecule has 3 heterocycles. The van der Waals surface area contributed by atoms with Crippen molar-refractivity contribution in [1.29, 1.82) is 0 Å². The van der Waals surface area contributed by atoms with Crippen molar-refractivity contribution in [1.82, 2.24) is 4.90 Å². The molecule has 0 aliphatic carbocycles. The molecule has 2 aliphatic heterocycles. The molecule has 26 heavy (non-hydrogen) atoms. The Labute approximate surface area is 159 Å². The topological polar surface area (TPSA) is 32.8 Å². The first-order chi connectivity index (χ1) is 12.8. The Morgan fingerprint density at radius 1 is 1.23 bits per heavy atom. The lowest BCUT2D eigenvalue weighted by molar-refractivity contribution is -0.149. The van der Waals surface area contributed by atoms with E-state index in [1.165, 1.54) is 16.9 Å². The highest BCUT2D eigenvalue weighted by molar-refractivity contribution is 7.08. The molecule has 4 rings (SSSR count). The average molecular weight is 371 g/mol. The van der Waals surface area contributed by atoms with Crippen LogP contribution in [0.1, 0.15) is 25.3 Å². The maximum absolute atomic E-state index is 12.0. The molecule has 1 unspecified atom stereocenters. The van der Waals surface area contributed by atoms with Gasteiger partial charge in [-0.05, 0) is 62.4 Å². The first-order valence-corrected chi connectivity index (χ1v) is 10.5. The van der Waals surface area contributed by atoms with Gasteiger partial charge in [-0.25, -0.2) is 0 Å². The van der Waals surface area contributed by atoms with E-state index in [9.17, 15) is 4.79 Å². The zero-order chi connectivity index (χ0) is 17.9. The van der Waals surface area contributed by atoms with E-state index in [4.69, 9.17) is 4.74 Å². The van der Waals surface area contributed by atoms with E-state index < -0.39 is 0 Å². The Morgan fingerprint density at radius 2 is 2.04 bits per heavy atom. The molecule has 0 saturated carbocycles. The normalized spacial score (nSPS) is 21.0. The minimum absolute atomic E-state index is 0.0136. The van der Waals surface area contributed by atoms with Crippen LogP contribution in [0.2, 0.25) is 0 Å². The molecule has 1 atom stereocenters. The van der Waals surface area contributed by atoms with Crippen molar-refractivity contribution in [3.63, 3.8) is 0 Å². The van der Waals surface area contributed by atoms with Crippen molar-refractivity contribution in [3.05, 3.63) is 46.7 Å². The quantitative estimate of drug-likeness (QED) is 0.742. The summed E-state index contributed by atoms with van der Waals surface area (Å²) in [7, 11) is 0. The molecule has 1 aromatic carbocycles. The van der Waals surface area contributed by atoms with Crippen LogP contribution < -0.4 is 4.90 Å². The second kappa shape index (κ2) is 7.80. The van der Waals surface area contributed by atoms with Gasteiger partial charge >= 0.3 is 5.97 Å². The summed E-state index contributed by atoms with van der Waals surface area (Å²) < 4.78 is 5.19. The predicted octanol–water partition coefficient (Wildman–Crippen LogP) is 4.09. The number of hydrogen-bond donors (Lipinski definition) is 0. The number of carbonyl (C=O) groups excluding carboxylic acids is 1. The first-order valence-electron chi connectivity index (χ1n) is 9.54. The number of fused-ring (bicyclic) bond motifs is 1. The van der Waals surface area contributed by atoms with Gasteiger partial charge in [0.25, 0.3) is 0 Å². The van der Waals surface area contributed by atoms with Gasteiger partial charge < -0.3 is 14.5 Å². The fraction of sp³-hybridized carbons (Fsp3) is 0.476. The Kier molecular flexibility index (Phi) is 5.27.